The van der Waals surface area contributed by atoms with Gasteiger partial charge in [0.25, 0.3) is 0 Å². The van der Waals surface area contributed by atoms with Gasteiger partial charge in [0.05, 0.1) is 5.75 Å². The molecule has 0 saturated heterocycles. The van der Waals surface area contributed by atoms with Crippen LogP contribution in [0.5, 0.6) is 0 Å². The highest BCUT2D eigenvalue weighted by atomic mass is 32.2. The summed E-state index contributed by atoms with van der Waals surface area (Å²) in [7, 11) is -1.17. The largest absolute Gasteiger partial charge is 0.319 e. The highest BCUT2D eigenvalue weighted by Crippen LogP contribution is 2.39. The van der Waals surface area contributed by atoms with Gasteiger partial charge in [-0.3, -0.25) is 0 Å². The fourth-order valence-corrected chi connectivity index (χ4v) is 3.75. The van der Waals surface area contributed by atoms with Crippen LogP contribution in [0, 0.1) is 11.3 Å². The molecule has 0 radical (unpaired) electrons. The predicted octanol–water partition coefficient (Wildman–Crippen LogP) is 0.951. The number of rotatable bonds is 7. The monoisotopic (exact) mass is 248 g/mol. The Hall–Kier alpha value is -0.130. The molecule has 2 N–H and O–H groups in total. The van der Waals surface area contributed by atoms with E-state index < -0.39 is 10.0 Å². The van der Waals surface area contributed by atoms with Crippen molar-refractivity contribution in [2.24, 2.45) is 11.3 Å². The minimum atomic E-state index is -3.09. The maximum Gasteiger partial charge on any atom is 0.211 e. The highest BCUT2D eigenvalue weighted by molar-refractivity contribution is 7.89. The third-order valence-corrected chi connectivity index (χ3v) is 4.88. The van der Waals surface area contributed by atoms with Gasteiger partial charge in [-0.2, -0.15) is 0 Å². The van der Waals surface area contributed by atoms with E-state index in [1.807, 2.05) is 20.9 Å². The van der Waals surface area contributed by atoms with E-state index in [-0.39, 0.29) is 17.1 Å². The maximum absolute atomic E-state index is 11.7. The zero-order valence-corrected chi connectivity index (χ0v) is 11.4. The first-order valence-corrected chi connectivity index (χ1v) is 7.66. The third-order valence-electron chi connectivity index (χ3n) is 3.19. The van der Waals surface area contributed by atoms with E-state index >= 15 is 0 Å². The Morgan fingerprint density at radius 2 is 1.88 bits per heavy atom. The minimum Gasteiger partial charge on any atom is -0.319 e. The molecule has 0 amide bonds. The molecule has 0 heterocycles. The van der Waals surface area contributed by atoms with Crippen LogP contribution in [0.2, 0.25) is 0 Å². The molecule has 0 unspecified atom stereocenters. The average Bonchev–Trinajstić information content (AvgIpc) is 2.07. The molecular formula is C11H24N2O2S. The topological polar surface area (TPSA) is 58.2 Å². The van der Waals surface area contributed by atoms with Crippen molar-refractivity contribution in [1.82, 2.24) is 10.0 Å². The van der Waals surface area contributed by atoms with Gasteiger partial charge < -0.3 is 5.32 Å². The Morgan fingerprint density at radius 3 is 2.25 bits per heavy atom. The Kier molecular flexibility index (Phi) is 4.76. The summed E-state index contributed by atoms with van der Waals surface area (Å²) in [6.07, 6.45) is 3.46. The summed E-state index contributed by atoms with van der Waals surface area (Å²) in [5.74, 6) is 0.405. The zero-order valence-electron chi connectivity index (χ0n) is 10.5. The van der Waals surface area contributed by atoms with Crippen molar-refractivity contribution in [2.75, 3.05) is 25.9 Å². The third kappa shape index (κ3) is 4.03. The van der Waals surface area contributed by atoms with Gasteiger partial charge in [-0.1, -0.05) is 20.3 Å². The van der Waals surface area contributed by atoms with Gasteiger partial charge in [0.1, 0.15) is 0 Å². The standard InChI is InChI=1S/C11H24N2O2S/c1-10(2)7-16(14,15)13-9-11(8-12-3)5-4-6-11/h10,12-13H,4-9H2,1-3H3. The number of hydrogen-bond acceptors (Lipinski definition) is 3. The van der Waals surface area contributed by atoms with Gasteiger partial charge in [0, 0.05) is 13.1 Å². The predicted molar refractivity (Wildman–Crippen MR) is 66.8 cm³/mol. The van der Waals surface area contributed by atoms with Crippen LogP contribution in [0.4, 0.5) is 0 Å². The van der Waals surface area contributed by atoms with Gasteiger partial charge in [0.2, 0.25) is 10.0 Å². The SMILES string of the molecule is CNCC1(CNS(=O)(=O)CC(C)C)CCC1. The first-order valence-electron chi connectivity index (χ1n) is 6.01. The Bertz CT molecular complexity index is 308. The molecule has 16 heavy (non-hydrogen) atoms. The van der Waals surface area contributed by atoms with E-state index in [2.05, 4.69) is 10.0 Å². The molecule has 1 saturated carbocycles. The van der Waals surface area contributed by atoms with Crippen LogP contribution in [-0.4, -0.2) is 34.3 Å². The van der Waals surface area contributed by atoms with Gasteiger partial charge in [-0.05, 0) is 31.2 Å². The Morgan fingerprint density at radius 1 is 1.25 bits per heavy atom. The molecule has 0 bridgehead atoms. The van der Waals surface area contributed by atoms with Gasteiger partial charge >= 0.3 is 0 Å². The van der Waals surface area contributed by atoms with Crippen LogP contribution < -0.4 is 10.0 Å². The van der Waals surface area contributed by atoms with Crippen molar-refractivity contribution in [3.63, 3.8) is 0 Å². The second-order valence-electron chi connectivity index (χ2n) is 5.38. The summed E-state index contributed by atoms with van der Waals surface area (Å²) in [4.78, 5) is 0. The van der Waals surface area contributed by atoms with Crippen molar-refractivity contribution < 1.29 is 8.42 Å². The van der Waals surface area contributed by atoms with Crippen molar-refractivity contribution in [3.05, 3.63) is 0 Å². The van der Waals surface area contributed by atoms with E-state index in [0.29, 0.717) is 6.54 Å². The number of nitrogens with one attached hydrogen (secondary N) is 2. The second-order valence-corrected chi connectivity index (χ2v) is 7.23. The fourth-order valence-electron chi connectivity index (χ4n) is 2.23. The van der Waals surface area contributed by atoms with Crippen LogP contribution in [-0.2, 0) is 10.0 Å². The first kappa shape index (κ1) is 13.9. The summed E-state index contributed by atoms with van der Waals surface area (Å²) >= 11 is 0. The van der Waals surface area contributed by atoms with Gasteiger partial charge in [0.15, 0.2) is 0 Å². The molecule has 1 fully saturated rings. The van der Waals surface area contributed by atoms with Crippen LogP contribution >= 0.6 is 0 Å². The molecule has 0 aromatic heterocycles. The van der Waals surface area contributed by atoms with Crippen LogP contribution in [0.1, 0.15) is 33.1 Å². The molecule has 1 rings (SSSR count). The molecule has 0 aromatic rings. The van der Waals surface area contributed by atoms with Crippen molar-refractivity contribution in [1.29, 1.82) is 0 Å². The lowest BCUT2D eigenvalue weighted by Crippen LogP contribution is -2.48. The average molecular weight is 248 g/mol. The summed E-state index contributed by atoms with van der Waals surface area (Å²) in [6, 6.07) is 0. The van der Waals surface area contributed by atoms with Crippen molar-refractivity contribution in [3.8, 4) is 0 Å². The van der Waals surface area contributed by atoms with E-state index in [0.717, 1.165) is 19.4 Å². The summed E-state index contributed by atoms with van der Waals surface area (Å²) in [5, 5.41) is 3.15. The van der Waals surface area contributed by atoms with Crippen molar-refractivity contribution in [2.45, 2.75) is 33.1 Å². The van der Waals surface area contributed by atoms with Gasteiger partial charge in [-0.25, -0.2) is 13.1 Å². The lowest BCUT2D eigenvalue weighted by Gasteiger charge is -2.42. The Balaban J connectivity index is 2.43. The maximum atomic E-state index is 11.7. The molecule has 0 spiro atoms. The lowest BCUT2D eigenvalue weighted by atomic mass is 9.69. The normalized spacial score (nSPS) is 19.8. The molecule has 0 atom stereocenters. The molecule has 1 aliphatic carbocycles. The molecule has 96 valence electrons. The second kappa shape index (κ2) is 5.47. The summed E-state index contributed by atoms with van der Waals surface area (Å²) in [6.45, 7) is 5.33. The molecule has 0 aromatic carbocycles. The van der Waals surface area contributed by atoms with E-state index in [1.54, 1.807) is 0 Å². The van der Waals surface area contributed by atoms with Crippen LogP contribution in [0.3, 0.4) is 0 Å². The highest BCUT2D eigenvalue weighted by Gasteiger charge is 2.37. The zero-order chi connectivity index (χ0) is 12.2. The number of sulfonamides is 1. The number of hydrogen-bond donors (Lipinski definition) is 2. The van der Waals surface area contributed by atoms with E-state index in [1.165, 1.54) is 6.42 Å². The summed E-state index contributed by atoms with van der Waals surface area (Å²) < 4.78 is 26.2. The van der Waals surface area contributed by atoms with Crippen LogP contribution in [0.25, 0.3) is 0 Å². The molecule has 1 aliphatic rings. The van der Waals surface area contributed by atoms with Gasteiger partial charge in [-0.15, -0.1) is 0 Å². The molecule has 0 aliphatic heterocycles. The lowest BCUT2D eigenvalue weighted by molar-refractivity contribution is 0.139. The molecular weight excluding hydrogens is 224 g/mol. The van der Waals surface area contributed by atoms with E-state index in [9.17, 15) is 8.42 Å². The van der Waals surface area contributed by atoms with Crippen LogP contribution in [0.15, 0.2) is 0 Å². The van der Waals surface area contributed by atoms with Crippen molar-refractivity contribution >= 4 is 10.0 Å². The molecule has 4 nitrogen and oxygen atoms in total. The van der Waals surface area contributed by atoms with E-state index in [4.69, 9.17) is 0 Å². The Labute approximate surface area is 99.2 Å². The smallest absolute Gasteiger partial charge is 0.211 e. The minimum absolute atomic E-state index is 0.165. The fraction of sp³-hybridized carbons (Fsp3) is 1.00. The quantitative estimate of drug-likeness (QED) is 0.705. The first-order chi connectivity index (χ1) is 7.39. The summed E-state index contributed by atoms with van der Waals surface area (Å²) in [5.41, 5.74) is 0.165. The molecule has 5 heteroatoms.